The van der Waals surface area contributed by atoms with Crippen LogP contribution in [0.3, 0.4) is 0 Å². The Bertz CT molecular complexity index is 706. The minimum Gasteiger partial charge on any atom is -0.462 e. The molecule has 0 radical (unpaired) electrons. The van der Waals surface area contributed by atoms with Gasteiger partial charge in [0.2, 0.25) is 0 Å². The first-order valence-electron chi connectivity index (χ1n) is 17.0. The minimum absolute atomic E-state index is 0.205. The number of rotatable bonds is 31. The summed E-state index contributed by atoms with van der Waals surface area (Å²) in [4.78, 5) is 42.4. The molecule has 0 aromatic heterocycles. The number of hydrogen-bond acceptors (Lipinski definition) is 6. The second kappa shape index (κ2) is 29.8. The lowest BCUT2D eigenvalue weighted by molar-refractivity contribution is -0.161. The first-order valence-corrected chi connectivity index (χ1v) is 18.5. The van der Waals surface area contributed by atoms with Gasteiger partial charge in [0.05, 0.1) is 6.61 Å². The van der Waals surface area contributed by atoms with Crippen molar-refractivity contribution in [1.29, 1.82) is 0 Å². The summed E-state index contributed by atoms with van der Waals surface area (Å²) in [5.74, 6) is -0.894. The van der Waals surface area contributed by atoms with Gasteiger partial charge < -0.3 is 19.3 Å². The van der Waals surface area contributed by atoms with Gasteiger partial charge in [-0.2, -0.15) is 0 Å². The van der Waals surface area contributed by atoms with Crippen molar-refractivity contribution < 1.29 is 37.9 Å². The summed E-state index contributed by atoms with van der Waals surface area (Å²) in [6, 6.07) is 0. The van der Waals surface area contributed by atoms with Gasteiger partial charge in [0.25, 0.3) is 0 Å². The van der Waals surface area contributed by atoms with Crippen LogP contribution in [-0.4, -0.2) is 41.0 Å². The molecule has 2 N–H and O–H groups in total. The fraction of sp³-hybridized carbons (Fsp3) is 0.879. The number of carbonyl (C=O) groups is 2. The molecule has 248 valence electrons. The summed E-state index contributed by atoms with van der Waals surface area (Å²) in [6.07, 6.45) is 29.4. The highest BCUT2D eigenvalue weighted by Gasteiger charge is 2.22. The maximum absolute atomic E-state index is 12.3. The maximum Gasteiger partial charge on any atom is 0.469 e. The highest BCUT2D eigenvalue weighted by molar-refractivity contribution is 7.46. The molecular weight excluding hydrogens is 555 g/mol. The molecule has 0 spiro atoms. The average Bonchev–Trinajstić information content (AvgIpc) is 2.95. The van der Waals surface area contributed by atoms with Gasteiger partial charge in [0.1, 0.15) is 6.61 Å². The first-order chi connectivity index (χ1) is 20.3. The van der Waals surface area contributed by atoms with Crippen molar-refractivity contribution in [3.8, 4) is 0 Å². The van der Waals surface area contributed by atoms with Crippen LogP contribution < -0.4 is 0 Å². The molecule has 0 bridgehead atoms. The van der Waals surface area contributed by atoms with E-state index in [1.165, 1.54) is 83.5 Å². The second-order valence-corrected chi connectivity index (χ2v) is 12.7. The quantitative estimate of drug-likeness (QED) is 0.0341. The summed E-state index contributed by atoms with van der Waals surface area (Å²) in [7, 11) is -4.74. The fourth-order valence-corrected chi connectivity index (χ4v) is 5.08. The van der Waals surface area contributed by atoms with Crippen LogP contribution in [0.4, 0.5) is 0 Å². The molecule has 0 heterocycles. The Labute approximate surface area is 257 Å². The lowest BCUT2D eigenvalue weighted by Crippen LogP contribution is -2.29. The predicted octanol–water partition coefficient (Wildman–Crippen LogP) is 9.51. The van der Waals surface area contributed by atoms with E-state index in [4.69, 9.17) is 19.3 Å². The molecule has 0 aliphatic heterocycles. The van der Waals surface area contributed by atoms with Gasteiger partial charge in [0, 0.05) is 12.8 Å². The third-order valence-corrected chi connectivity index (χ3v) is 7.77. The summed E-state index contributed by atoms with van der Waals surface area (Å²) in [5.41, 5.74) is 0. The van der Waals surface area contributed by atoms with Crippen LogP contribution >= 0.6 is 7.82 Å². The number of phosphoric acid groups is 1. The molecule has 1 unspecified atom stereocenters. The van der Waals surface area contributed by atoms with Crippen molar-refractivity contribution in [1.82, 2.24) is 0 Å². The maximum atomic E-state index is 12.3. The van der Waals surface area contributed by atoms with E-state index in [-0.39, 0.29) is 19.4 Å². The van der Waals surface area contributed by atoms with E-state index >= 15 is 0 Å². The molecule has 0 aromatic carbocycles. The Hall–Kier alpha value is -1.21. The monoisotopic (exact) mass is 618 g/mol. The van der Waals surface area contributed by atoms with Gasteiger partial charge in [-0.05, 0) is 38.5 Å². The third-order valence-electron chi connectivity index (χ3n) is 7.28. The van der Waals surface area contributed by atoms with Gasteiger partial charge in [-0.25, -0.2) is 4.57 Å². The molecular formula is C33H63O8P. The average molecular weight is 619 g/mol. The van der Waals surface area contributed by atoms with E-state index in [2.05, 4.69) is 30.5 Å². The molecule has 8 nitrogen and oxygen atoms in total. The van der Waals surface area contributed by atoms with Crippen LogP contribution in [0.1, 0.15) is 168 Å². The molecule has 0 amide bonds. The van der Waals surface area contributed by atoms with Gasteiger partial charge in [-0.15, -0.1) is 0 Å². The summed E-state index contributed by atoms with van der Waals surface area (Å²) in [5, 5.41) is 0. The Kier molecular flexibility index (Phi) is 29.0. The van der Waals surface area contributed by atoms with Crippen molar-refractivity contribution in [2.45, 2.75) is 174 Å². The topological polar surface area (TPSA) is 119 Å². The number of unbranched alkanes of at least 4 members (excludes halogenated alkanes) is 19. The number of ether oxygens (including phenoxy) is 2. The third kappa shape index (κ3) is 31.7. The number of hydrogen-bond donors (Lipinski definition) is 2. The van der Waals surface area contributed by atoms with Gasteiger partial charge in [0.15, 0.2) is 6.10 Å². The molecule has 0 rings (SSSR count). The van der Waals surface area contributed by atoms with Crippen molar-refractivity contribution in [2.75, 3.05) is 13.2 Å². The zero-order chi connectivity index (χ0) is 31.2. The zero-order valence-electron chi connectivity index (χ0n) is 26.9. The SMILES string of the molecule is CCCCCCCC/C=C\CCCCCCCC(=O)OC(COC(=O)CCCCCCCCCCC)COP(=O)(O)O. The summed E-state index contributed by atoms with van der Waals surface area (Å²) < 4.78 is 26.2. The Morgan fingerprint density at radius 3 is 1.45 bits per heavy atom. The van der Waals surface area contributed by atoms with Crippen molar-refractivity contribution in [3.63, 3.8) is 0 Å². The smallest absolute Gasteiger partial charge is 0.462 e. The molecule has 0 saturated carbocycles. The summed E-state index contributed by atoms with van der Waals surface area (Å²) in [6.45, 7) is 3.63. The van der Waals surface area contributed by atoms with Gasteiger partial charge >= 0.3 is 19.8 Å². The largest absolute Gasteiger partial charge is 0.469 e. The first kappa shape index (κ1) is 40.8. The molecule has 42 heavy (non-hydrogen) atoms. The lowest BCUT2D eigenvalue weighted by atomic mass is 10.1. The molecule has 0 aromatic rings. The minimum atomic E-state index is -4.74. The number of phosphoric ester groups is 1. The fourth-order valence-electron chi connectivity index (χ4n) is 4.72. The standard InChI is InChI=1S/C33H63O8P/c1-3-5-7-9-11-13-14-15-16-17-18-20-22-24-26-28-33(35)41-31(30-40-42(36,37)38)29-39-32(34)27-25-23-21-19-12-10-8-6-4-2/h15-16,31H,3-14,17-30H2,1-2H3,(H2,36,37,38)/b16-15-. The molecule has 9 heteroatoms. The highest BCUT2D eigenvalue weighted by atomic mass is 31.2. The van der Waals surface area contributed by atoms with E-state index in [1.54, 1.807) is 0 Å². The van der Waals surface area contributed by atoms with Crippen LogP contribution in [0.2, 0.25) is 0 Å². The Morgan fingerprint density at radius 1 is 0.595 bits per heavy atom. The number of esters is 2. The molecule has 0 saturated heterocycles. The molecule has 0 aliphatic carbocycles. The highest BCUT2D eigenvalue weighted by Crippen LogP contribution is 2.35. The van der Waals surface area contributed by atoms with Crippen molar-refractivity contribution >= 4 is 19.8 Å². The lowest BCUT2D eigenvalue weighted by Gasteiger charge is -2.18. The van der Waals surface area contributed by atoms with E-state index < -0.39 is 32.5 Å². The number of carbonyl (C=O) groups excluding carboxylic acids is 2. The zero-order valence-corrected chi connectivity index (χ0v) is 27.8. The van der Waals surface area contributed by atoms with Crippen molar-refractivity contribution in [2.24, 2.45) is 0 Å². The van der Waals surface area contributed by atoms with Gasteiger partial charge in [-0.1, -0.05) is 129 Å². The Balaban J connectivity index is 4.00. The molecule has 0 fully saturated rings. The van der Waals surface area contributed by atoms with Crippen LogP contribution in [-0.2, 0) is 28.2 Å². The van der Waals surface area contributed by atoms with Crippen LogP contribution in [0.5, 0.6) is 0 Å². The predicted molar refractivity (Wildman–Crippen MR) is 170 cm³/mol. The number of allylic oxidation sites excluding steroid dienone is 2. The van der Waals surface area contributed by atoms with Gasteiger partial charge in [-0.3, -0.25) is 14.1 Å². The van der Waals surface area contributed by atoms with E-state index in [9.17, 15) is 14.2 Å². The second-order valence-electron chi connectivity index (χ2n) is 11.5. The van der Waals surface area contributed by atoms with Crippen LogP contribution in [0.25, 0.3) is 0 Å². The van der Waals surface area contributed by atoms with Crippen molar-refractivity contribution in [3.05, 3.63) is 12.2 Å². The van der Waals surface area contributed by atoms with E-state index in [0.717, 1.165) is 51.4 Å². The molecule has 0 aliphatic rings. The van der Waals surface area contributed by atoms with Crippen LogP contribution in [0.15, 0.2) is 12.2 Å². The van der Waals surface area contributed by atoms with E-state index in [1.807, 2.05) is 0 Å². The summed E-state index contributed by atoms with van der Waals surface area (Å²) >= 11 is 0. The van der Waals surface area contributed by atoms with E-state index in [0.29, 0.717) is 6.42 Å². The van der Waals surface area contributed by atoms with Crippen LogP contribution in [0, 0.1) is 0 Å². The normalized spacial score (nSPS) is 12.6. The molecule has 1 atom stereocenters. The Morgan fingerprint density at radius 2 is 1.00 bits per heavy atom.